The molecule has 38 heavy (non-hydrogen) atoms. The van der Waals surface area contributed by atoms with Crippen LogP contribution in [0.2, 0.25) is 0 Å². The molecule has 11 nitrogen and oxygen atoms in total. The van der Waals surface area contributed by atoms with Gasteiger partial charge in [0.1, 0.15) is 23.9 Å². The highest BCUT2D eigenvalue weighted by molar-refractivity contribution is 7.89. The number of carbonyl (C=O) groups is 3. The van der Waals surface area contributed by atoms with E-state index in [1.54, 1.807) is 36.7 Å². The Balaban J connectivity index is 1.28. The number of fused-ring (bicyclic) bond motifs is 2. The number of benzene rings is 1. The number of amides is 1. The first-order chi connectivity index (χ1) is 17.9. The minimum absolute atomic E-state index is 0.0367. The number of aliphatic carboxylic acids is 1. The highest BCUT2D eigenvalue weighted by atomic mass is 32.2. The fourth-order valence-electron chi connectivity index (χ4n) is 5.78. The topological polar surface area (TPSA) is 157 Å². The highest BCUT2D eigenvalue weighted by Crippen LogP contribution is 2.64. The summed E-state index contributed by atoms with van der Waals surface area (Å²) in [5, 5.41) is 9.71. The van der Waals surface area contributed by atoms with Crippen LogP contribution >= 0.6 is 0 Å². The number of sulfonamides is 1. The van der Waals surface area contributed by atoms with Crippen molar-refractivity contribution >= 4 is 27.7 Å². The van der Waals surface area contributed by atoms with E-state index in [-0.39, 0.29) is 36.2 Å². The second-order valence-corrected chi connectivity index (χ2v) is 12.5. The summed E-state index contributed by atoms with van der Waals surface area (Å²) in [6, 6.07) is 5.33. The smallest absolute Gasteiger partial charge is 0.322 e. The molecule has 2 bridgehead atoms. The number of hydrogen-bond acceptors (Lipinski definition) is 7. The molecule has 2 saturated carbocycles. The van der Waals surface area contributed by atoms with Crippen LogP contribution in [0.1, 0.15) is 51.5 Å². The Hall–Kier alpha value is -3.25. The Kier molecular flexibility index (Phi) is 7.93. The molecule has 4 rings (SSSR count). The second-order valence-electron chi connectivity index (χ2n) is 10.7. The van der Waals surface area contributed by atoms with Crippen molar-refractivity contribution in [2.24, 2.45) is 16.7 Å². The number of aromatic nitrogens is 2. The predicted molar refractivity (Wildman–Crippen MR) is 138 cm³/mol. The minimum Gasteiger partial charge on any atom is -0.494 e. The Morgan fingerprint density at radius 2 is 2.00 bits per heavy atom. The first-order valence-electron chi connectivity index (χ1n) is 12.7. The lowest BCUT2D eigenvalue weighted by atomic mass is 9.70. The molecule has 1 aromatic carbocycles. The Morgan fingerprint density at radius 3 is 2.58 bits per heavy atom. The molecular formula is C26H34N4O7S. The zero-order valence-electron chi connectivity index (χ0n) is 21.6. The number of ketones is 1. The molecule has 1 heterocycles. The van der Waals surface area contributed by atoms with Crippen LogP contribution in [0.25, 0.3) is 0 Å². The van der Waals surface area contributed by atoms with Crippen LogP contribution in [0.4, 0.5) is 0 Å². The van der Waals surface area contributed by atoms with Crippen molar-refractivity contribution in [1.29, 1.82) is 0 Å². The highest BCUT2D eigenvalue weighted by Gasteiger charge is 2.65. The van der Waals surface area contributed by atoms with Gasteiger partial charge in [0.15, 0.2) is 0 Å². The lowest BCUT2D eigenvalue weighted by Gasteiger charge is -2.36. The summed E-state index contributed by atoms with van der Waals surface area (Å²) in [6.45, 7) is 4.20. The Morgan fingerprint density at radius 1 is 1.26 bits per heavy atom. The van der Waals surface area contributed by atoms with Gasteiger partial charge in [-0.25, -0.2) is 22.8 Å². The molecule has 0 radical (unpaired) electrons. The lowest BCUT2D eigenvalue weighted by Crippen LogP contribution is -2.49. The number of hydrogen-bond donors (Lipinski definition) is 3. The Labute approximate surface area is 222 Å². The number of nitrogens with one attached hydrogen (secondary N) is 2. The van der Waals surface area contributed by atoms with E-state index in [9.17, 15) is 27.9 Å². The number of Topliss-reactive ketones (excluding diaryl/α,β-unsaturated/α-hetero) is 1. The van der Waals surface area contributed by atoms with Crippen LogP contribution in [-0.2, 0) is 30.8 Å². The van der Waals surface area contributed by atoms with Crippen LogP contribution in [0, 0.1) is 16.7 Å². The number of imidazole rings is 1. The molecule has 3 atom stereocenters. The zero-order chi connectivity index (χ0) is 27.6. The summed E-state index contributed by atoms with van der Waals surface area (Å²) in [5.74, 6) is -1.17. The molecule has 1 unspecified atom stereocenters. The van der Waals surface area contributed by atoms with E-state index in [1.807, 2.05) is 13.8 Å². The third-order valence-electron chi connectivity index (χ3n) is 8.13. The van der Waals surface area contributed by atoms with Crippen LogP contribution in [0.5, 0.6) is 5.75 Å². The summed E-state index contributed by atoms with van der Waals surface area (Å²) in [6.07, 6.45) is 7.07. The summed E-state index contributed by atoms with van der Waals surface area (Å²) < 4.78 is 35.6. The first kappa shape index (κ1) is 27.8. The van der Waals surface area contributed by atoms with Gasteiger partial charge in [0.05, 0.1) is 12.4 Å². The van der Waals surface area contributed by atoms with Crippen molar-refractivity contribution < 1.29 is 32.6 Å². The van der Waals surface area contributed by atoms with Crippen molar-refractivity contribution in [1.82, 2.24) is 14.4 Å². The fourth-order valence-corrected chi connectivity index (χ4v) is 7.80. The van der Waals surface area contributed by atoms with E-state index >= 15 is 0 Å². The van der Waals surface area contributed by atoms with Crippen LogP contribution in [0.15, 0.2) is 43.0 Å². The predicted octanol–water partition coefficient (Wildman–Crippen LogP) is 2.12. The standard InChI is InChI=1S/C26H34N4O7S/c1-25(2)19-9-10-26(25,22(31)15-19)16-38(35,36)29-21(24(33)34)14-18-5-7-20(8-6-18)37-13-3-4-23(32)28-30-12-11-27-17-30/h5-8,11-12,17,19,21,29H,3-4,9-10,13-16H2,1-2H3,(H,28,32)(H,33,34)/t19?,21-,26-/m0/s1. The van der Waals surface area contributed by atoms with Gasteiger partial charge in [-0.15, -0.1) is 0 Å². The van der Waals surface area contributed by atoms with E-state index in [0.29, 0.717) is 37.2 Å². The van der Waals surface area contributed by atoms with E-state index in [2.05, 4.69) is 15.1 Å². The molecule has 2 aliphatic rings. The molecule has 2 aromatic rings. The molecule has 1 aromatic heterocycles. The number of carboxylic acids is 1. The fraction of sp³-hybridized carbons (Fsp3) is 0.538. The SMILES string of the molecule is CC1(C)C2CC[C@]1(CS(=O)(=O)N[C@@H](Cc1ccc(OCCCC(=O)Nn3ccnc3)cc1)C(=O)O)C(=O)C2. The van der Waals surface area contributed by atoms with E-state index in [1.165, 1.54) is 11.0 Å². The molecule has 0 aliphatic heterocycles. The van der Waals surface area contributed by atoms with Gasteiger partial charge >= 0.3 is 5.97 Å². The summed E-state index contributed by atoms with van der Waals surface area (Å²) >= 11 is 0. The van der Waals surface area contributed by atoms with Crippen LogP contribution in [-0.4, -0.2) is 59.2 Å². The quantitative estimate of drug-likeness (QED) is 0.323. The van der Waals surface area contributed by atoms with Crippen LogP contribution in [0.3, 0.4) is 0 Å². The van der Waals surface area contributed by atoms with Gasteiger partial charge in [0.2, 0.25) is 15.9 Å². The lowest BCUT2D eigenvalue weighted by molar-refractivity contribution is -0.139. The molecule has 1 amide bonds. The maximum absolute atomic E-state index is 13.1. The monoisotopic (exact) mass is 546 g/mol. The Bertz CT molecular complexity index is 1280. The normalized spacial score (nSPS) is 22.8. The number of carboxylic acid groups (broad SMARTS) is 1. The number of carbonyl (C=O) groups excluding carboxylic acids is 2. The molecule has 12 heteroatoms. The minimum atomic E-state index is -4.04. The van der Waals surface area contributed by atoms with Crippen molar-refractivity contribution in [3.05, 3.63) is 48.5 Å². The average molecular weight is 547 g/mol. The van der Waals surface area contributed by atoms with Crippen molar-refractivity contribution in [3.63, 3.8) is 0 Å². The first-order valence-corrected chi connectivity index (χ1v) is 14.3. The van der Waals surface area contributed by atoms with Gasteiger partial charge in [-0.1, -0.05) is 26.0 Å². The molecule has 3 N–H and O–H groups in total. The van der Waals surface area contributed by atoms with Crippen molar-refractivity contribution in [3.8, 4) is 5.75 Å². The van der Waals surface area contributed by atoms with E-state index < -0.39 is 32.9 Å². The molecular weight excluding hydrogens is 512 g/mol. The summed E-state index contributed by atoms with van der Waals surface area (Å²) in [5.41, 5.74) is 1.87. The van der Waals surface area contributed by atoms with E-state index in [0.717, 1.165) is 6.42 Å². The van der Waals surface area contributed by atoms with Gasteiger partial charge in [0.25, 0.3) is 0 Å². The average Bonchev–Trinajstić information content (AvgIpc) is 3.48. The third kappa shape index (κ3) is 5.91. The van der Waals surface area contributed by atoms with Gasteiger partial charge in [-0.05, 0) is 54.7 Å². The molecule has 2 aliphatic carbocycles. The molecule has 0 saturated heterocycles. The number of nitrogens with zero attached hydrogens (tertiary/aromatic N) is 2. The largest absolute Gasteiger partial charge is 0.494 e. The van der Waals surface area contributed by atoms with Crippen molar-refractivity contribution in [2.75, 3.05) is 17.8 Å². The summed E-state index contributed by atoms with van der Waals surface area (Å²) in [4.78, 5) is 40.4. The number of rotatable bonds is 13. The third-order valence-corrected chi connectivity index (χ3v) is 9.65. The maximum atomic E-state index is 13.1. The summed E-state index contributed by atoms with van der Waals surface area (Å²) in [7, 11) is -4.04. The zero-order valence-corrected chi connectivity index (χ0v) is 22.4. The maximum Gasteiger partial charge on any atom is 0.322 e. The molecule has 206 valence electrons. The van der Waals surface area contributed by atoms with Gasteiger partial charge < -0.3 is 9.84 Å². The van der Waals surface area contributed by atoms with Crippen LogP contribution < -0.4 is 14.9 Å². The van der Waals surface area contributed by atoms with Gasteiger partial charge in [0, 0.05) is 30.7 Å². The molecule has 2 fully saturated rings. The van der Waals surface area contributed by atoms with Gasteiger partial charge in [-0.3, -0.25) is 19.8 Å². The molecule has 0 spiro atoms. The van der Waals surface area contributed by atoms with Gasteiger partial charge in [-0.2, -0.15) is 0 Å². The number of ether oxygens (including phenoxy) is 1. The van der Waals surface area contributed by atoms with Crippen molar-refractivity contribution in [2.45, 2.75) is 58.4 Å². The van der Waals surface area contributed by atoms with E-state index in [4.69, 9.17) is 4.74 Å². The second kappa shape index (κ2) is 10.9.